The van der Waals surface area contributed by atoms with E-state index >= 15 is 0 Å². The SMILES string of the molecule is COC(=O)CCN(Cc1ccc(Cl)cc1)C(=O)CCC1CCCCC1. The second kappa shape index (κ2) is 10.4. The van der Waals surface area contributed by atoms with Crippen LogP contribution in [0.15, 0.2) is 24.3 Å². The van der Waals surface area contributed by atoms with E-state index in [0.29, 0.717) is 30.5 Å². The highest BCUT2D eigenvalue weighted by Crippen LogP contribution is 2.27. The lowest BCUT2D eigenvalue weighted by molar-refractivity contribution is -0.142. The first-order valence-electron chi connectivity index (χ1n) is 9.17. The highest BCUT2D eigenvalue weighted by atomic mass is 35.5. The number of halogens is 1. The molecule has 0 saturated heterocycles. The van der Waals surface area contributed by atoms with Crippen LogP contribution in [0.25, 0.3) is 0 Å². The molecule has 1 aliphatic carbocycles. The van der Waals surface area contributed by atoms with Crippen molar-refractivity contribution in [3.8, 4) is 0 Å². The summed E-state index contributed by atoms with van der Waals surface area (Å²) in [4.78, 5) is 25.9. The number of rotatable bonds is 8. The number of ether oxygens (including phenoxy) is 1. The van der Waals surface area contributed by atoms with Crippen LogP contribution in [-0.2, 0) is 20.9 Å². The number of nitrogens with zero attached hydrogens (tertiary/aromatic N) is 1. The van der Waals surface area contributed by atoms with Crippen LogP contribution >= 0.6 is 11.6 Å². The van der Waals surface area contributed by atoms with Crippen molar-refractivity contribution < 1.29 is 14.3 Å². The lowest BCUT2D eigenvalue weighted by Gasteiger charge is -2.25. The lowest BCUT2D eigenvalue weighted by atomic mass is 9.86. The van der Waals surface area contributed by atoms with Crippen molar-refractivity contribution in [2.45, 2.75) is 57.9 Å². The van der Waals surface area contributed by atoms with Crippen LogP contribution in [0.3, 0.4) is 0 Å². The smallest absolute Gasteiger partial charge is 0.307 e. The average molecular weight is 366 g/mol. The number of hydrogen-bond donors (Lipinski definition) is 0. The van der Waals surface area contributed by atoms with Gasteiger partial charge in [-0.2, -0.15) is 0 Å². The number of hydrogen-bond acceptors (Lipinski definition) is 3. The maximum Gasteiger partial charge on any atom is 0.307 e. The Balaban J connectivity index is 1.92. The third kappa shape index (κ3) is 7.07. The van der Waals surface area contributed by atoms with E-state index < -0.39 is 0 Å². The van der Waals surface area contributed by atoms with E-state index in [9.17, 15) is 9.59 Å². The summed E-state index contributed by atoms with van der Waals surface area (Å²) in [6.45, 7) is 0.885. The molecule has 0 N–H and O–H groups in total. The maximum absolute atomic E-state index is 12.7. The fourth-order valence-electron chi connectivity index (χ4n) is 3.39. The van der Waals surface area contributed by atoms with Crippen LogP contribution in [-0.4, -0.2) is 30.4 Å². The fourth-order valence-corrected chi connectivity index (χ4v) is 3.52. The Morgan fingerprint density at radius 2 is 1.80 bits per heavy atom. The van der Waals surface area contributed by atoms with Crippen molar-refractivity contribution in [3.63, 3.8) is 0 Å². The van der Waals surface area contributed by atoms with Crippen LogP contribution in [0.1, 0.15) is 56.9 Å². The van der Waals surface area contributed by atoms with Gasteiger partial charge in [-0.15, -0.1) is 0 Å². The first-order chi connectivity index (χ1) is 12.1. The molecule has 1 amide bonds. The Labute approximate surface area is 155 Å². The van der Waals surface area contributed by atoms with Crippen molar-refractivity contribution in [2.75, 3.05) is 13.7 Å². The van der Waals surface area contributed by atoms with Crippen LogP contribution in [0.2, 0.25) is 5.02 Å². The van der Waals surface area contributed by atoms with Crippen LogP contribution in [0.4, 0.5) is 0 Å². The summed E-state index contributed by atoms with van der Waals surface area (Å²) in [5.74, 6) is 0.501. The van der Waals surface area contributed by atoms with Crippen LogP contribution < -0.4 is 0 Å². The first kappa shape index (κ1) is 19.8. The van der Waals surface area contributed by atoms with Gasteiger partial charge in [-0.05, 0) is 30.0 Å². The number of carbonyl (C=O) groups excluding carboxylic acids is 2. The highest BCUT2D eigenvalue weighted by molar-refractivity contribution is 6.30. The van der Waals surface area contributed by atoms with Gasteiger partial charge in [-0.1, -0.05) is 55.8 Å². The number of esters is 1. The zero-order valence-corrected chi connectivity index (χ0v) is 15.8. The molecule has 25 heavy (non-hydrogen) atoms. The van der Waals surface area contributed by atoms with E-state index in [1.807, 2.05) is 24.3 Å². The Hall–Kier alpha value is -1.55. The van der Waals surface area contributed by atoms with Gasteiger partial charge >= 0.3 is 5.97 Å². The molecule has 2 rings (SSSR count). The molecule has 0 bridgehead atoms. The van der Waals surface area contributed by atoms with Crippen molar-refractivity contribution in [2.24, 2.45) is 5.92 Å². The zero-order chi connectivity index (χ0) is 18.1. The third-order valence-corrected chi connectivity index (χ3v) is 5.20. The molecule has 0 aromatic heterocycles. The molecule has 0 unspecified atom stereocenters. The standard InChI is InChI=1S/C20H28ClNO3/c1-25-20(24)13-14-22(15-17-7-10-18(21)11-8-17)19(23)12-9-16-5-3-2-4-6-16/h7-8,10-11,16H,2-6,9,12-15H2,1H3. The molecule has 0 spiro atoms. The maximum atomic E-state index is 12.7. The first-order valence-corrected chi connectivity index (χ1v) is 9.55. The summed E-state index contributed by atoms with van der Waals surface area (Å²) in [7, 11) is 1.37. The van der Waals surface area contributed by atoms with E-state index in [-0.39, 0.29) is 18.3 Å². The summed E-state index contributed by atoms with van der Waals surface area (Å²) >= 11 is 5.93. The second-order valence-corrected chi connectivity index (χ2v) is 7.25. The Morgan fingerprint density at radius 3 is 2.44 bits per heavy atom. The zero-order valence-electron chi connectivity index (χ0n) is 15.0. The van der Waals surface area contributed by atoms with Gasteiger partial charge in [0.1, 0.15) is 0 Å². The van der Waals surface area contributed by atoms with Crippen molar-refractivity contribution in [3.05, 3.63) is 34.9 Å². The molecule has 1 aromatic rings. The van der Waals surface area contributed by atoms with Gasteiger partial charge in [-0.25, -0.2) is 0 Å². The van der Waals surface area contributed by atoms with E-state index in [1.54, 1.807) is 4.90 Å². The van der Waals surface area contributed by atoms with Gasteiger partial charge in [-0.3, -0.25) is 9.59 Å². The molecule has 1 aromatic carbocycles. The summed E-state index contributed by atoms with van der Waals surface area (Å²) in [5.41, 5.74) is 1.01. The minimum Gasteiger partial charge on any atom is -0.469 e. The van der Waals surface area contributed by atoms with Crippen LogP contribution in [0.5, 0.6) is 0 Å². The second-order valence-electron chi connectivity index (χ2n) is 6.81. The monoisotopic (exact) mass is 365 g/mol. The Kier molecular flexibility index (Phi) is 8.26. The van der Waals surface area contributed by atoms with Crippen molar-refractivity contribution in [1.82, 2.24) is 4.90 Å². The van der Waals surface area contributed by atoms with Crippen LogP contribution in [0, 0.1) is 5.92 Å². The topological polar surface area (TPSA) is 46.6 Å². The minimum absolute atomic E-state index is 0.115. The molecule has 1 aliphatic rings. The minimum atomic E-state index is -0.291. The van der Waals surface area contributed by atoms with E-state index in [4.69, 9.17) is 16.3 Å². The van der Waals surface area contributed by atoms with E-state index in [2.05, 4.69) is 0 Å². The summed E-state index contributed by atoms with van der Waals surface area (Å²) in [5, 5.41) is 0.675. The fraction of sp³-hybridized carbons (Fsp3) is 0.600. The molecule has 4 nitrogen and oxygen atoms in total. The number of benzene rings is 1. The van der Waals surface area contributed by atoms with Crippen molar-refractivity contribution >= 4 is 23.5 Å². The van der Waals surface area contributed by atoms with Gasteiger partial charge < -0.3 is 9.64 Å². The lowest BCUT2D eigenvalue weighted by Crippen LogP contribution is -2.33. The molecular formula is C20H28ClNO3. The van der Waals surface area contributed by atoms with Crippen molar-refractivity contribution in [1.29, 1.82) is 0 Å². The van der Waals surface area contributed by atoms with Gasteiger partial charge in [0.15, 0.2) is 0 Å². The Morgan fingerprint density at radius 1 is 1.12 bits per heavy atom. The van der Waals surface area contributed by atoms with Gasteiger partial charge in [0, 0.05) is 24.5 Å². The van der Waals surface area contributed by atoms with Gasteiger partial charge in [0.2, 0.25) is 5.91 Å². The summed E-state index contributed by atoms with van der Waals surface area (Å²) in [6.07, 6.45) is 8.11. The van der Waals surface area contributed by atoms with Gasteiger partial charge in [0.05, 0.1) is 13.5 Å². The van der Waals surface area contributed by atoms with E-state index in [0.717, 1.165) is 12.0 Å². The molecule has 0 atom stereocenters. The molecule has 138 valence electrons. The Bertz CT molecular complexity index is 553. The van der Waals surface area contributed by atoms with Gasteiger partial charge in [0.25, 0.3) is 0 Å². The molecule has 5 heteroatoms. The van der Waals surface area contributed by atoms with E-state index in [1.165, 1.54) is 39.2 Å². The average Bonchev–Trinajstić information content (AvgIpc) is 2.65. The highest BCUT2D eigenvalue weighted by Gasteiger charge is 2.19. The number of methoxy groups -OCH3 is 1. The molecule has 0 radical (unpaired) electrons. The summed E-state index contributed by atoms with van der Waals surface area (Å²) in [6, 6.07) is 7.48. The number of carbonyl (C=O) groups is 2. The molecule has 0 aliphatic heterocycles. The number of amides is 1. The molecule has 1 fully saturated rings. The predicted octanol–water partition coefficient (Wildman–Crippen LogP) is 4.59. The largest absolute Gasteiger partial charge is 0.469 e. The predicted molar refractivity (Wildman–Crippen MR) is 99.3 cm³/mol. The molecule has 0 heterocycles. The quantitative estimate of drug-likeness (QED) is 0.633. The molecule has 1 saturated carbocycles. The third-order valence-electron chi connectivity index (χ3n) is 4.94. The summed E-state index contributed by atoms with van der Waals surface area (Å²) < 4.78 is 4.71. The molecular weight excluding hydrogens is 338 g/mol. The normalized spacial score (nSPS) is 15.0.